The van der Waals surface area contributed by atoms with Gasteiger partial charge in [-0.05, 0) is 57.7 Å². The molecule has 1 aromatic heterocycles. The second-order valence-corrected chi connectivity index (χ2v) is 9.61. The van der Waals surface area contributed by atoms with Crippen LogP contribution in [0.3, 0.4) is 0 Å². The van der Waals surface area contributed by atoms with Crippen LogP contribution >= 0.6 is 0 Å². The minimum absolute atomic E-state index is 0.165. The summed E-state index contributed by atoms with van der Waals surface area (Å²) in [4.78, 5) is 16.7. The topological polar surface area (TPSA) is 67.2 Å². The Balaban J connectivity index is 2.64. The number of nitrogens with zero attached hydrogens (tertiary/aromatic N) is 2. The summed E-state index contributed by atoms with van der Waals surface area (Å²) in [5, 5.41) is 13.1. The highest BCUT2D eigenvalue weighted by atomic mass is 19.1. The number of hydrogen-bond acceptors (Lipinski definition) is 3. The van der Waals surface area contributed by atoms with Crippen LogP contribution in [0.2, 0.25) is 0 Å². The Morgan fingerprint density at radius 3 is 2.19 bits per heavy atom. The molecule has 0 aliphatic heterocycles. The van der Waals surface area contributed by atoms with Crippen molar-refractivity contribution in [1.29, 1.82) is 0 Å². The molecule has 144 valence electrons. The summed E-state index contributed by atoms with van der Waals surface area (Å²) in [5.74, 6) is -0.371. The Bertz CT molecular complexity index is 834. The van der Waals surface area contributed by atoms with Crippen molar-refractivity contribution in [2.24, 2.45) is 5.41 Å². The maximum Gasteiger partial charge on any atom is 0.227 e. The van der Waals surface area contributed by atoms with Gasteiger partial charge in [-0.1, -0.05) is 20.8 Å². The smallest absolute Gasteiger partial charge is 0.227 e. The molecule has 0 spiro atoms. The average Bonchev–Trinajstić information content (AvgIpc) is 2.73. The number of fused-ring (bicyclic) bond motifs is 1. The molecule has 1 aromatic carbocycles. The van der Waals surface area contributed by atoms with E-state index < -0.39 is 17.0 Å². The van der Waals surface area contributed by atoms with Crippen LogP contribution in [-0.4, -0.2) is 20.6 Å². The molecule has 0 fully saturated rings. The molecule has 0 aliphatic rings. The molecule has 2 N–H and O–H groups in total. The zero-order valence-electron chi connectivity index (χ0n) is 17.0. The van der Waals surface area contributed by atoms with Crippen molar-refractivity contribution in [3.05, 3.63) is 23.5 Å². The number of imidazole rings is 1. The van der Waals surface area contributed by atoms with Crippen molar-refractivity contribution >= 4 is 22.9 Å². The minimum atomic E-state index is -1.18. The number of carbonyl (C=O) groups excluding carboxylic acids is 1. The van der Waals surface area contributed by atoms with Gasteiger partial charge in [-0.15, -0.1) is 0 Å². The number of amides is 1. The number of anilines is 1. The average molecular weight is 363 g/mol. The predicted molar refractivity (Wildman–Crippen MR) is 103 cm³/mol. The largest absolute Gasteiger partial charge is 0.386 e. The molecule has 0 unspecified atom stereocenters. The Labute approximate surface area is 154 Å². The summed E-state index contributed by atoms with van der Waals surface area (Å²) in [6, 6.07) is 3.03. The lowest BCUT2D eigenvalue weighted by atomic mass is 9.92. The maximum atomic E-state index is 14.7. The van der Waals surface area contributed by atoms with Gasteiger partial charge in [0.25, 0.3) is 0 Å². The summed E-state index contributed by atoms with van der Waals surface area (Å²) in [6.45, 7) is 15.0. The van der Waals surface area contributed by atoms with Gasteiger partial charge in [0.15, 0.2) is 5.82 Å². The van der Waals surface area contributed by atoms with E-state index in [2.05, 4.69) is 10.3 Å². The molecule has 1 heterocycles. The number of carbonyl (C=O) groups is 1. The highest BCUT2D eigenvalue weighted by Crippen LogP contribution is 2.33. The molecule has 0 bridgehead atoms. The maximum absolute atomic E-state index is 14.7. The van der Waals surface area contributed by atoms with E-state index >= 15 is 0 Å². The molecule has 6 heteroatoms. The lowest BCUT2D eigenvalue weighted by Gasteiger charge is -2.26. The standard InChI is InChI=1S/C20H30FN3O2/c1-18(2,3)11-15(25)22-17-23-16-13(21)9-12(20(7,8)26)10-14(16)24(17)19(4,5)6/h9-10,26H,11H2,1-8H3,(H,22,23,25). The molecule has 0 atom stereocenters. The van der Waals surface area contributed by atoms with Crippen LogP contribution < -0.4 is 5.32 Å². The van der Waals surface area contributed by atoms with Crippen molar-refractivity contribution in [3.8, 4) is 0 Å². The van der Waals surface area contributed by atoms with Crippen LogP contribution in [0.15, 0.2) is 12.1 Å². The van der Waals surface area contributed by atoms with Crippen LogP contribution in [0.1, 0.15) is 67.4 Å². The second kappa shape index (κ2) is 6.34. The van der Waals surface area contributed by atoms with E-state index in [0.29, 0.717) is 23.4 Å². The van der Waals surface area contributed by atoms with Crippen molar-refractivity contribution in [2.45, 2.75) is 73.0 Å². The van der Waals surface area contributed by atoms with Crippen molar-refractivity contribution in [3.63, 3.8) is 0 Å². The second-order valence-electron chi connectivity index (χ2n) is 9.61. The number of rotatable bonds is 3. The highest BCUT2D eigenvalue weighted by Gasteiger charge is 2.27. The third-order valence-electron chi connectivity index (χ3n) is 4.03. The lowest BCUT2D eigenvalue weighted by Crippen LogP contribution is -2.27. The van der Waals surface area contributed by atoms with Crippen molar-refractivity contribution in [1.82, 2.24) is 9.55 Å². The fourth-order valence-electron chi connectivity index (χ4n) is 2.90. The van der Waals surface area contributed by atoms with Crippen LogP contribution in [0.25, 0.3) is 11.0 Å². The first kappa shape index (κ1) is 20.4. The first-order valence-electron chi connectivity index (χ1n) is 8.85. The van der Waals surface area contributed by atoms with E-state index in [1.807, 2.05) is 41.5 Å². The van der Waals surface area contributed by atoms with Gasteiger partial charge in [0, 0.05) is 12.0 Å². The number of benzene rings is 1. The molecule has 26 heavy (non-hydrogen) atoms. The van der Waals surface area contributed by atoms with E-state index in [1.165, 1.54) is 6.07 Å². The van der Waals surface area contributed by atoms with Crippen LogP contribution in [0.4, 0.5) is 10.3 Å². The predicted octanol–water partition coefficient (Wildman–Crippen LogP) is 4.53. The molecule has 0 saturated heterocycles. The van der Waals surface area contributed by atoms with Gasteiger partial charge in [-0.25, -0.2) is 9.37 Å². The Morgan fingerprint density at radius 2 is 1.73 bits per heavy atom. The number of aliphatic hydroxyl groups is 1. The van der Waals surface area contributed by atoms with E-state index in [9.17, 15) is 14.3 Å². The Hall–Kier alpha value is -1.95. The minimum Gasteiger partial charge on any atom is -0.386 e. The van der Waals surface area contributed by atoms with Crippen LogP contribution in [0.5, 0.6) is 0 Å². The summed E-state index contributed by atoms with van der Waals surface area (Å²) in [5.41, 5.74) is -0.608. The van der Waals surface area contributed by atoms with E-state index in [0.717, 1.165) is 0 Å². The number of aromatic nitrogens is 2. The van der Waals surface area contributed by atoms with Gasteiger partial charge in [-0.3, -0.25) is 10.1 Å². The number of hydrogen-bond donors (Lipinski definition) is 2. The van der Waals surface area contributed by atoms with Gasteiger partial charge >= 0.3 is 0 Å². The molecular formula is C20H30FN3O2. The first-order chi connectivity index (χ1) is 11.6. The van der Waals surface area contributed by atoms with E-state index in [4.69, 9.17) is 0 Å². The van der Waals surface area contributed by atoms with Gasteiger partial charge in [0.05, 0.1) is 11.1 Å². The zero-order valence-corrected chi connectivity index (χ0v) is 17.0. The van der Waals surface area contributed by atoms with Gasteiger partial charge in [0.1, 0.15) is 5.52 Å². The fourth-order valence-corrected chi connectivity index (χ4v) is 2.90. The molecule has 0 radical (unpaired) electrons. The third-order valence-corrected chi connectivity index (χ3v) is 4.03. The molecule has 2 rings (SSSR count). The normalized spacial score (nSPS) is 13.3. The molecule has 2 aromatic rings. The van der Waals surface area contributed by atoms with Crippen molar-refractivity contribution in [2.75, 3.05) is 5.32 Å². The number of halogens is 1. The SMILES string of the molecule is CC(C)(C)CC(=O)Nc1nc2c(F)cc(C(C)(C)O)cc2n1C(C)(C)C. The quantitative estimate of drug-likeness (QED) is 0.842. The van der Waals surface area contributed by atoms with Crippen LogP contribution in [0, 0.1) is 11.2 Å². The summed E-state index contributed by atoms with van der Waals surface area (Å²) >= 11 is 0. The third kappa shape index (κ3) is 4.41. The molecule has 0 aliphatic carbocycles. The summed E-state index contributed by atoms with van der Waals surface area (Å²) < 4.78 is 16.5. The summed E-state index contributed by atoms with van der Waals surface area (Å²) in [7, 11) is 0. The Kier molecular flexibility index (Phi) is 4.96. The lowest BCUT2D eigenvalue weighted by molar-refractivity contribution is -0.117. The van der Waals surface area contributed by atoms with Crippen LogP contribution in [-0.2, 0) is 15.9 Å². The van der Waals surface area contributed by atoms with Crippen molar-refractivity contribution < 1.29 is 14.3 Å². The first-order valence-corrected chi connectivity index (χ1v) is 8.85. The van der Waals surface area contributed by atoms with Gasteiger partial charge in [-0.2, -0.15) is 0 Å². The zero-order chi connectivity index (χ0) is 20.1. The molecule has 1 amide bonds. The summed E-state index contributed by atoms with van der Waals surface area (Å²) in [6.07, 6.45) is 0.331. The van der Waals surface area contributed by atoms with E-state index in [-0.39, 0.29) is 16.8 Å². The highest BCUT2D eigenvalue weighted by molar-refractivity contribution is 5.92. The van der Waals surface area contributed by atoms with Gasteiger partial charge in [0.2, 0.25) is 11.9 Å². The number of nitrogens with one attached hydrogen (secondary N) is 1. The molecule has 0 saturated carbocycles. The Morgan fingerprint density at radius 1 is 1.15 bits per heavy atom. The fraction of sp³-hybridized carbons (Fsp3) is 0.600. The monoisotopic (exact) mass is 363 g/mol. The van der Waals surface area contributed by atoms with E-state index in [1.54, 1.807) is 24.5 Å². The molecule has 5 nitrogen and oxygen atoms in total. The molecular weight excluding hydrogens is 333 g/mol. The van der Waals surface area contributed by atoms with Gasteiger partial charge < -0.3 is 9.67 Å².